The van der Waals surface area contributed by atoms with Gasteiger partial charge in [-0.1, -0.05) is 28.9 Å². The number of amides is 1. The van der Waals surface area contributed by atoms with E-state index in [2.05, 4.69) is 10.1 Å². The highest BCUT2D eigenvalue weighted by molar-refractivity contribution is 7.07. The molecule has 0 atom stereocenters. The van der Waals surface area contributed by atoms with Crippen LogP contribution >= 0.6 is 22.9 Å². The van der Waals surface area contributed by atoms with Crippen LogP contribution in [0.1, 0.15) is 16.2 Å². The van der Waals surface area contributed by atoms with Gasteiger partial charge in [0.15, 0.2) is 0 Å². The molecule has 0 unspecified atom stereocenters. The van der Waals surface area contributed by atoms with E-state index in [1.54, 1.807) is 30.8 Å². The minimum absolute atomic E-state index is 0.188. The van der Waals surface area contributed by atoms with Gasteiger partial charge in [-0.2, -0.15) is 0 Å². The van der Waals surface area contributed by atoms with Gasteiger partial charge in [0.1, 0.15) is 5.69 Å². The maximum atomic E-state index is 12.3. The molecule has 0 aliphatic heterocycles. The third kappa shape index (κ3) is 3.18. The third-order valence-corrected chi connectivity index (χ3v) is 3.94. The number of carbonyl (C=O) groups is 1. The summed E-state index contributed by atoms with van der Waals surface area (Å²) in [7, 11) is 1.70. The van der Waals surface area contributed by atoms with Crippen LogP contribution in [-0.2, 0) is 6.54 Å². The Morgan fingerprint density at radius 3 is 3.00 bits per heavy atom. The Balaban J connectivity index is 1.76. The molecule has 3 aromatic rings. The summed E-state index contributed by atoms with van der Waals surface area (Å²) in [6.45, 7) is 0.426. The number of rotatable bonds is 4. The molecule has 22 heavy (non-hydrogen) atoms. The Bertz CT molecular complexity index is 786. The smallest absolute Gasteiger partial charge is 0.292 e. The largest absolute Gasteiger partial charge is 0.350 e. The van der Waals surface area contributed by atoms with Gasteiger partial charge in [-0.15, -0.1) is 11.3 Å². The fourth-order valence-corrected chi connectivity index (χ4v) is 2.72. The van der Waals surface area contributed by atoms with Crippen LogP contribution in [-0.4, -0.2) is 28.0 Å². The molecular formula is C15H12ClN3O2S. The van der Waals surface area contributed by atoms with Gasteiger partial charge in [0.25, 0.3) is 5.91 Å². The normalized spacial score (nSPS) is 10.6. The number of halogens is 1. The van der Waals surface area contributed by atoms with Crippen molar-refractivity contribution in [1.82, 2.24) is 15.0 Å². The lowest BCUT2D eigenvalue weighted by atomic mass is 10.1. The Morgan fingerprint density at radius 1 is 1.41 bits per heavy atom. The Kier molecular flexibility index (Phi) is 4.22. The second-order valence-corrected chi connectivity index (χ2v) is 5.88. The second-order valence-electron chi connectivity index (χ2n) is 4.73. The molecule has 1 amide bonds. The van der Waals surface area contributed by atoms with Crippen LogP contribution in [0, 0.1) is 0 Å². The minimum atomic E-state index is -0.242. The molecule has 1 aromatic carbocycles. The summed E-state index contributed by atoms with van der Waals surface area (Å²) in [6, 6.07) is 8.84. The van der Waals surface area contributed by atoms with E-state index in [9.17, 15) is 4.79 Å². The summed E-state index contributed by atoms with van der Waals surface area (Å²) in [5.74, 6) is -0.0542. The zero-order valence-electron chi connectivity index (χ0n) is 11.7. The van der Waals surface area contributed by atoms with Crippen molar-refractivity contribution in [3.8, 4) is 11.3 Å². The summed E-state index contributed by atoms with van der Waals surface area (Å²) in [5, 5.41) is 6.44. The monoisotopic (exact) mass is 333 g/mol. The van der Waals surface area contributed by atoms with Crippen molar-refractivity contribution in [2.75, 3.05) is 7.05 Å². The summed E-state index contributed by atoms with van der Waals surface area (Å²) in [4.78, 5) is 18.0. The average Bonchev–Trinajstić information content (AvgIpc) is 3.17. The molecule has 0 aliphatic carbocycles. The molecule has 7 heteroatoms. The predicted molar refractivity (Wildman–Crippen MR) is 84.9 cm³/mol. The van der Waals surface area contributed by atoms with Gasteiger partial charge in [-0.3, -0.25) is 4.79 Å². The average molecular weight is 334 g/mol. The first-order valence-corrected chi connectivity index (χ1v) is 7.81. The highest BCUT2D eigenvalue weighted by atomic mass is 35.5. The van der Waals surface area contributed by atoms with Crippen LogP contribution < -0.4 is 0 Å². The van der Waals surface area contributed by atoms with Gasteiger partial charge in [0.05, 0.1) is 17.7 Å². The molecule has 0 aliphatic rings. The number of nitrogens with zero attached hydrogens (tertiary/aromatic N) is 3. The second kappa shape index (κ2) is 6.29. The molecule has 3 rings (SSSR count). The zero-order chi connectivity index (χ0) is 15.5. The maximum Gasteiger partial charge on any atom is 0.292 e. The van der Waals surface area contributed by atoms with Crippen molar-refractivity contribution in [3.05, 3.63) is 57.7 Å². The minimum Gasteiger partial charge on any atom is -0.350 e. The van der Waals surface area contributed by atoms with Crippen molar-refractivity contribution in [2.45, 2.75) is 6.54 Å². The first-order chi connectivity index (χ1) is 10.6. The van der Waals surface area contributed by atoms with Crippen LogP contribution in [0.5, 0.6) is 0 Å². The molecule has 112 valence electrons. The maximum absolute atomic E-state index is 12.3. The molecule has 0 spiro atoms. The molecule has 5 nitrogen and oxygen atoms in total. The van der Waals surface area contributed by atoms with E-state index in [-0.39, 0.29) is 11.7 Å². The molecular weight excluding hydrogens is 322 g/mol. The fourth-order valence-electron chi connectivity index (χ4n) is 1.98. The molecule has 2 aromatic heterocycles. The van der Waals surface area contributed by atoms with Gasteiger partial charge in [-0.25, -0.2) is 4.98 Å². The number of benzene rings is 1. The lowest BCUT2D eigenvalue weighted by Gasteiger charge is -2.13. The van der Waals surface area contributed by atoms with Gasteiger partial charge < -0.3 is 9.42 Å². The van der Waals surface area contributed by atoms with Gasteiger partial charge in [0, 0.05) is 29.1 Å². The van der Waals surface area contributed by atoms with E-state index < -0.39 is 0 Å². The molecule has 0 N–H and O–H groups in total. The van der Waals surface area contributed by atoms with E-state index in [4.69, 9.17) is 16.1 Å². The van der Waals surface area contributed by atoms with Crippen molar-refractivity contribution in [2.24, 2.45) is 0 Å². The molecule has 0 fully saturated rings. The lowest BCUT2D eigenvalue weighted by Crippen LogP contribution is -2.25. The van der Waals surface area contributed by atoms with Gasteiger partial charge >= 0.3 is 0 Å². The molecule has 0 bridgehead atoms. The predicted octanol–water partition coefficient (Wildman–Crippen LogP) is 3.72. The van der Waals surface area contributed by atoms with E-state index in [1.807, 2.05) is 17.5 Å². The van der Waals surface area contributed by atoms with Crippen molar-refractivity contribution in [3.63, 3.8) is 0 Å². The van der Waals surface area contributed by atoms with E-state index >= 15 is 0 Å². The molecule has 2 heterocycles. The highest BCUT2D eigenvalue weighted by Crippen LogP contribution is 2.23. The van der Waals surface area contributed by atoms with Crippen molar-refractivity contribution < 1.29 is 9.32 Å². The van der Waals surface area contributed by atoms with Crippen LogP contribution in [0.4, 0.5) is 0 Å². The van der Waals surface area contributed by atoms with Gasteiger partial charge in [-0.05, 0) is 12.1 Å². The highest BCUT2D eigenvalue weighted by Gasteiger charge is 2.18. The molecule has 0 saturated heterocycles. The third-order valence-electron chi connectivity index (χ3n) is 3.07. The van der Waals surface area contributed by atoms with Crippen LogP contribution in [0.3, 0.4) is 0 Å². The topological polar surface area (TPSA) is 59.2 Å². The van der Waals surface area contributed by atoms with Gasteiger partial charge in [0.2, 0.25) is 5.76 Å². The number of aromatic nitrogens is 2. The number of hydrogen-bond acceptors (Lipinski definition) is 5. The molecule has 0 radical (unpaired) electrons. The number of hydrogen-bond donors (Lipinski definition) is 0. The van der Waals surface area contributed by atoms with E-state index in [1.165, 1.54) is 16.2 Å². The van der Waals surface area contributed by atoms with Crippen molar-refractivity contribution >= 4 is 28.8 Å². The summed E-state index contributed by atoms with van der Waals surface area (Å²) in [6.07, 6.45) is 0. The first kappa shape index (κ1) is 14.7. The summed E-state index contributed by atoms with van der Waals surface area (Å²) < 4.78 is 5.16. The van der Waals surface area contributed by atoms with Crippen molar-refractivity contribution in [1.29, 1.82) is 0 Å². The number of carbonyl (C=O) groups excluding carboxylic acids is 1. The van der Waals surface area contributed by atoms with Crippen LogP contribution in [0.25, 0.3) is 11.3 Å². The van der Waals surface area contributed by atoms with Crippen LogP contribution in [0.2, 0.25) is 5.02 Å². The number of thiazole rings is 1. The fraction of sp³-hybridized carbons (Fsp3) is 0.133. The Hall–Kier alpha value is -2.18. The SMILES string of the molecule is CN(Cc1cscn1)C(=O)c1cc(-c2cccc(Cl)c2)no1. The summed E-state index contributed by atoms with van der Waals surface area (Å²) in [5.41, 5.74) is 3.96. The Morgan fingerprint density at radius 2 is 2.27 bits per heavy atom. The quantitative estimate of drug-likeness (QED) is 0.730. The van der Waals surface area contributed by atoms with E-state index in [0.29, 0.717) is 17.3 Å². The zero-order valence-corrected chi connectivity index (χ0v) is 13.3. The Labute approximate surface area is 136 Å². The standard InChI is InChI=1S/C15H12ClN3O2S/c1-19(7-12-8-22-9-17-12)15(20)14-6-13(18-21-14)10-3-2-4-11(16)5-10/h2-6,8-9H,7H2,1H3. The first-order valence-electron chi connectivity index (χ1n) is 6.48. The van der Waals surface area contributed by atoms with Crippen LogP contribution in [0.15, 0.2) is 45.7 Å². The summed E-state index contributed by atoms with van der Waals surface area (Å²) >= 11 is 7.45. The van der Waals surface area contributed by atoms with E-state index in [0.717, 1.165) is 11.3 Å². The lowest BCUT2D eigenvalue weighted by molar-refractivity contribution is 0.0742. The molecule has 0 saturated carbocycles.